The number of hydrogen-bond acceptors (Lipinski definition) is 4. The first-order valence-corrected chi connectivity index (χ1v) is 6.64. The van der Waals surface area contributed by atoms with E-state index in [-0.39, 0.29) is 0 Å². The molecule has 0 atom stereocenters. The van der Waals surface area contributed by atoms with Crippen molar-refractivity contribution < 1.29 is 0 Å². The van der Waals surface area contributed by atoms with Crippen LogP contribution in [-0.4, -0.2) is 48.1 Å². The van der Waals surface area contributed by atoms with Gasteiger partial charge >= 0.3 is 0 Å². The zero-order valence-electron chi connectivity index (χ0n) is 11.2. The maximum absolute atomic E-state index is 4.48. The van der Waals surface area contributed by atoms with Gasteiger partial charge in [-0.1, -0.05) is 30.3 Å². The van der Waals surface area contributed by atoms with Crippen molar-refractivity contribution in [1.82, 2.24) is 14.9 Å². The Balaban J connectivity index is 1.76. The van der Waals surface area contributed by atoms with Gasteiger partial charge < -0.3 is 9.80 Å². The highest BCUT2D eigenvalue weighted by atomic mass is 15.3. The predicted molar refractivity (Wildman–Crippen MR) is 77.2 cm³/mol. The van der Waals surface area contributed by atoms with Gasteiger partial charge in [0.25, 0.3) is 0 Å². The molecule has 0 unspecified atom stereocenters. The van der Waals surface area contributed by atoms with Gasteiger partial charge in [0.15, 0.2) is 5.82 Å². The zero-order chi connectivity index (χ0) is 13.1. The second-order valence-corrected chi connectivity index (χ2v) is 4.92. The van der Waals surface area contributed by atoms with Gasteiger partial charge in [0.05, 0.1) is 18.1 Å². The number of piperazine rings is 1. The highest BCUT2D eigenvalue weighted by molar-refractivity contribution is 5.56. The van der Waals surface area contributed by atoms with Crippen LogP contribution in [0.5, 0.6) is 0 Å². The minimum atomic E-state index is 0.790. The van der Waals surface area contributed by atoms with Gasteiger partial charge in [0.1, 0.15) is 0 Å². The molecule has 3 rings (SSSR count). The molecule has 0 saturated carbocycles. The van der Waals surface area contributed by atoms with Crippen molar-refractivity contribution in [3.63, 3.8) is 0 Å². The molecule has 1 aromatic heterocycles. The Hall–Kier alpha value is -1.94. The largest absolute Gasteiger partial charge is 0.366 e. The van der Waals surface area contributed by atoms with E-state index in [0.29, 0.717) is 0 Å². The van der Waals surface area contributed by atoms with Crippen LogP contribution in [-0.2, 0) is 0 Å². The van der Waals surface area contributed by atoms with Crippen LogP contribution in [0.25, 0.3) is 11.4 Å². The van der Waals surface area contributed by atoms with Crippen LogP contribution in [0.3, 0.4) is 0 Å². The molecule has 1 fully saturated rings. The summed E-state index contributed by atoms with van der Waals surface area (Å²) in [6.07, 6.45) is 3.86. The van der Waals surface area contributed by atoms with E-state index in [4.69, 9.17) is 0 Å². The first-order valence-electron chi connectivity index (χ1n) is 6.64. The lowest BCUT2D eigenvalue weighted by atomic mass is 10.2. The van der Waals surface area contributed by atoms with Crippen molar-refractivity contribution in [2.75, 3.05) is 38.1 Å². The van der Waals surface area contributed by atoms with Crippen LogP contribution in [0.4, 0.5) is 5.69 Å². The van der Waals surface area contributed by atoms with Gasteiger partial charge in [-0.15, -0.1) is 0 Å². The third kappa shape index (κ3) is 2.74. The van der Waals surface area contributed by atoms with E-state index in [2.05, 4.69) is 26.8 Å². The summed E-state index contributed by atoms with van der Waals surface area (Å²) in [5, 5.41) is 0. The van der Waals surface area contributed by atoms with Crippen molar-refractivity contribution in [2.24, 2.45) is 0 Å². The number of aromatic nitrogens is 2. The smallest absolute Gasteiger partial charge is 0.159 e. The Kier molecular flexibility index (Phi) is 3.42. The molecule has 4 heteroatoms. The molecule has 2 heterocycles. The monoisotopic (exact) mass is 254 g/mol. The van der Waals surface area contributed by atoms with Crippen LogP contribution in [0.15, 0.2) is 42.7 Å². The minimum absolute atomic E-state index is 0.790. The molecule has 1 aromatic carbocycles. The Morgan fingerprint density at radius 2 is 1.53 bits per heavy atom. The van der Waals surface area contributed by atoms with Crippen LogP contribution >= 0.6 is 0 Å². The van der Waals surface area contributed by atoms with E-state index in [1.54, 1.807) is 0 Å². The third-order valence-corrected chi connectivity index (χ3v) is 3.54. The summed E-state index contributed by atoms with van der Waals surface area (Å²) in [6.45, 7) is 4.29. The summed E-state index contributed by atoms with van der Waals surface area (Å²) >= 11 is 0. The van der Waals surface area contributed by atoms with Crippen molar-refractivity contribution in [2.45, 2.75) is 0 Å². The lowest BCUT2D eigenvalue weighted by molar-refractivity contribution is 0.312. The molecule has 4 nitrogen and oxygen atoms in total. The van der Waals surface area contributed by atoms with Crippen molar-refractivity contribution >= 4 is 5.69 Å². The summed E-state index contributed by atoms with van der Waals surface area (Å²) in [4.78, 5) is 13.6. The van der Waals surface area contributed by atoms with E-state index in [1.807, 2.05) is 42.7 Å². The quantitative estimate of drug-likeness (QED) is 0.819. The Morgan fingerprint density at radius 1 is 0.895 bits per heavy atom. The molecule has 0 amide bonds. The van der Waals surface area contributed by atoms with Crippen LogP contribution in [0.1, 0.15) is 0 Å². The van der Waals surface area contributed by atoms with Crippen LogP contribution in [0, 0.1) is 0 Å². The molecule has 0 spiro atoms. The maximum atomic E-state index is 4.48. The number of nitrogens with zero attached hydrogens (tertiary/aromatic N) is 4. The molecule has 0 aliphatic carbocycles. The number of anilines is 1. The number of benzene rings is 1. The molecule has 19 heavy (non-hydrogen) atoms. The summed E-state index contributed by atoms with van der Waals surface area (Å²) in [7, 11) is 2.16. The van der Waals surface area contributed by atoms with E-state index in [1.165, 1.54) is 0 Å². The van der Waals surface area contributed by atoms with Crippen molar-refractivity contribution in [3.05, 3.63) is 42.7 Å². The normalized spacial score (nSPS) is 16.6. The van der Waals surface area contributed by atoms with Gasteiger partial charge in [-0.25, -0.2) is 9.97 Å². The fraction of sp³-hybridized carbons (Fsp3) is 0.333. The predicted octanol–water partition coefficient (Wildman–Crippen LogP) is 1.90. The maximum Gasteiger partial charge on any atom is 0.159 e. The molecular weight excluding hydrogens is 236 g/mol. The van der Waals surface area contributed by atoms with Gasteiger partial charge in [-0.3, -0.25) is 0 Å². The van der Waals surface area contributed by atoms with Crippen LogP contribution < -0.4 is 4.90 Å². The summed E-state index contributed by atoms with van der Waals surface area (Å²) in [6, 6.07) is 10.1. The van der Waals surface area contributed by atoms with Crippen LogP contribution in [0.2, 0.25) is 0 Å². The molecule has 0 radical (unpaired) electrons. The number of hydrogen-bond donors (Lipinski definition) is 0. The van der Waals surface area contributed by atoms with E-state index >= 15 is 0 Å². The topological polar surface area (TPSA) is 32.3 Å². The molecule has 1 aliphatic rings. The fourth-order valence-electron chi connectivity index (χ4n) is 2.29. The molecular formula is C15H18N4. The summed E-state index contributed by atoms with van der Waals surface area (Å²) in [5.41, 5.74) is 2.18. The van der Waals surface area contributed by atoms with Crippen molar-refractivity contribution in [1.29, 1.82) is 0 Å². The first-order chi connectivity index (χ1) is 9.33. The fourth-order valence-corrected chi connectivity index (χ4v) is 2.29. The van der Waals surface area contributed by atoms with Gasteiger partial charge in [-0.05, 0) is 7.05 Å². The second-order valence-electron chi connectivity index (χ2n) is 4.92. The van der Waals surface area contributed by atoms with E-state index in [0.717, 1.165) is 43.3 Å². The molecule has 1 saturated heterocycles. The second kappa shape index (κ2) is 5.36. The first kappa shape index (κ1) is 12.1. The van der Waals surface area contributed by atoms with Gasteiger partial charge in [-0.2, -0.15) is 0 Å². The highest BCUT2D eigenvalue weighted by Gasteiger charge is 2.14. The van der Waals surface area contributed by atoms with E-state index in [9.17, 15) is 0 Å². The Bertz CT molecular complexity index is 516. The van der Waals surface area contributed by atoms with E-state index < -0.39 is 0 Å². The average molecular weight is 254 g/mol. The molecule has 0 N–H and O–H groups in total. The molecule has 98 valence electrons. The standard InChI is InChI=1S/C15H18N4/c1-18-7-9-19(10-8-18)14-11-16-15(17-12-14)13-5-3-2-4-6-13/h2-6,11-12H,7-10H2,1H3. The molecule has 1 aliphatic heterocycles. The number of likely N-dealkylation sites (N-methyl/N-ethyl adjacent to an activating group) is 1. The van der Waals surface area contributed by atoms with Gasteiger partial charge in [0.2, 0.25) is 0 Å². The SMILES string of the molecule is CN1CCN(c2cnc(-c3ccccc3)nc2)CC1. The lowest BCUT2D eigenvalue weighted by Crippen LogP contribution is -2.44. The third-order valence-electron chi connectivity index (χ3n) is 3.54. The summed E-state index contributed by atoms with van der Waals surface area (Å²) < 4.78 is 0. The Labute approximate surface area is 113 Å². The minimum Gasteiger partial charge on any atom is -0.366 e. The average Bonchev–Trinajstić information content (AvgIpc) is 2.49. The van der Waals surface area contributed by atoms with Crippen molar-refractivity contribution in [3.8, 4) is 11.4 Å². The number of rotatable bonds is 2. The molecule has 0 bridgehead atoms. The highest BCUT2D eigenvalue weighted by Crippen LogP contribution is 2.18. The zero-order valence-corrected chi connectivity index (χ0v) is 11.2. The Morgan fingerprint density at radius 3 is 2.16 bits per heavy atom. The molecule has 2 aromatic rings. The van der Waals surface area contributed by atoms with Gasteiger partial charge in [0, 0.05) is 31.7 Å². The lowest BCUT2D eigenvalue weighted by Gasteiger charge is -2.33. The summed E-state index contributed by atoms with van der Waals surface area (Å²) in [5.74, 6) is 0.790.